The predicted octanol–water partition coefficient (Wildman–Crippen LogP) is 4.17. The second kappa shape index (κ2) is 6.73. The van der Waals surface area contributed by atoms with Gasteiger partial charge in [-0.05, 0) is 50.2 Å². The van der Waals surface area contributed by atoms with E-state index < -0.39 is 0 Å². The maximum absolute atomic E-state index is 5.81. The molecular formula is C16H21NOS. The number of rotatable bonds is 6. The fraction of sp³-hybridized carbons (Fsp3) is 0.375. The third kappa shape index (κ3) is 3.82. The summed E-state index contributed by atoms with van der Waals surface area (Å²) in [6.07, 6.45) is 1.10. The molecule has 1 N–H and O–H groups in total. The summed E-state index contributed by atoms with van der Waals surface area (Å²) in [4.78, 5) is 2.70. The Bertz CT molecular complexity index is 504. The topological polar surface area (TPSA) is 21.3 Å². The highest BCUT2D eigenvalue weighted by molar-refractivity contribution is 7.11. The van der Waals surface area contributed by atoms with Crippen LogP contribution in [-0.4, -0.2) is 7.05 Å². The maximum atomic E-state index is 5.81. The molecule has 0 saturated carbocycles. The molecular weight excluding hydrogens is 254 g/mol. The van der Waals surface area contributed by atoms with Crippen LogP contribution in [-0.2, 0) is 13.0 Å². The number of benzene rings is 1. The van der Waals surface area contributed by atoms with Crippen LogP contribution in [0.4, 0.5) is 0 Å². The van der Waals surface area contributed by atoms with Crippen molar-refractivity contribution in [2.45, 2.75) is 32.9 Å². The minimum atomic E-state index is 0.374. The van der Waals surface area contributed by atoms with E-state index in [1.54, 1.807) is 0 Å². The number of aryl methyl sites for hydroxylation is 1. The molecule has 1 unspecified atom stereocenters. The van der Waals surface area contributed by atoms with Crippen LogP contribution in [0, 0.1) is 0 Å². The van der Waals surface area contributed by atoms with Gasteiger partial charge >= 0.3 is 0 Å². The Balaban J connectivity index is 1.92. The van der Waals surface area contributed by atoms with Gasteiger partial charge in [0, 0.05) is 15.8 Å². The van der Waals surface area contributed by atoms with Crippen LogP contribution in [0.2, 0.25) is 0 Å². The van der Waals surface area contributed by atoms with E-state index in [1.807, 2.05) is 30.5 Å². The molecule has 0 fully saturated rings. The Morgan fingerprint density at radius 3 is 2.37 bits per heavy atom. The zero-order valence-electron chi connectivity index (χ0n) is 11.8. The molecule has 0 radical (unpaired) electrons. The Kier molecular flexibility index (Phi) is 5.00. The average Bonchev–Trinajstić information content (AvgIpc) is 2.93. The van der Waals surface area contributed by atoms with E-state index in [9.17, 15) is 0 Å². The van der Waals surface area contributed by atoms with Crippen molar-refractivity contribution < 1.29 is 4.74 Å². The second-order valence-corrected chi connectivity index (χ2v) is 5.84. The van der Waals surface area contributed by atoms with Gasteiger partial charge in [-0.1, -0.05) is 19.1 Å². The normalized spacial score (nSPS) is 12.4. The molecule has 0 aliphatic carbocycles. The molecule has 0 aliphatic rings. The van der Waals surface area contributed by atoms with Crippen LogP contribution < -0.4 is 10.1 Å². The van der Waals surface area contributed by atoms with Crippen molar-refractivity contribution in [1.29, 1.82) is 0 Å². The predicted molar refractivity (Wildman–Crippen MR) is 81.9 cm³/mol. The lowest BCUT2D eigenvalue weighted by Gasteiger charge is -2.11. The summed E-state index contributed by atoms with van der Waals surface area (Å²) in [5.74, 6) is 0.929. The molecule has 1 aromatic heterocycles. The number of nitrogens with one attached hydrogen (secondary N) is 1. The van der Waals surface area contributed by atoms with E-state index >= 15 is 0 Å². The molecule has 2 nitrogen and oxygen atoms in total. The SMILES string of the molecule is CCc1ccc(COc2ccc(C(C)NC)cc2)s1. The van der Waals surface area contributed by atoms with E-state index in [4.69, 9.17) is 4.74 Å². The minimum absolute atomic E-state index is 0.374. The van der Waals surface area contributed by atoms with Gasteiger partial charge in [0.25, 0.3) is 0 Å². The first-order valence-electron chi connectivity index (χ1n) is 6.70. The summed E-state index contributed by atoms with van der Waals surface area (Å²) in [6, 6.07) is 13.0. The van der Waals surface area contributed by atoms with Gasteiger partial charge in [-0.3, -0.25) is 0 Å². The lowest BCUT2D eigenvalue weighted by atomic mass is 10.1. The van der Waals surface area contributed by atoms with Crippen molar-refractivity contribution in [3.63, 3.8) is 0 Å². The third-order valence-corrected chi connectivity index (χ3v) is 4.46. The average molecular weight is 275 g/mol. The van der Waals surface area contributed by atoms with Crippen molar-refractivity contribution in [1.82, 2.24) is 5.32 Å². The fourth-order valence-corrected chi connectivity index (χ4v) is 2.73. The zero-order valence-corrected chi connectivity index (χ0v) is 12.6. The Morgan fingerprint density at radius 2 is 1.79 bits per heavy atom. The molecule has 0 amide bonds. The van der Waals surface area contributed by atoms with Gasteiger partial charge in [-0.15, -0.1) is 11.3 Å². The molecule has 3 heteroatoms. The monoisotopic (exact) mass is 275 g/mol. The highest BCUT2D eigenvalue weighted by atomic mass is 32.1. The van der Waals surface area contributed by atoms with Gasteiger partial charge in [0.1, 0.15) is 12.4 Å². The molecule has 0 spiro atoms. The summed E-state index contributed by atoms with van der Waals surface area (Å²) in [6.45, 7) is 4.98. The molecule has 1 atom stereocenters. The van der Waals surface area contributed by atoms with Gasteiger partial charge in [0.15, 0.2) is 0 Å². The quantitative estimate of drug-likeness (QED) is 0.854. The van der Waals surface area contributed by atoms with Crippen molar-refractivity contribution in [2.75, 3.05) is 7.05 Å². The zero-order chi connectivity index (χ0) is 13.7. The van der Waals surface area contributed by atoms with Crippen molar-refractivity contribution >= 4 is 11.3 Å². The third-order valence-electron chi connectivity index (χ3n) is 3.26. The summed E-state index contributed by atoms with van der Waals surface area (Å²) < 4.78 is 5.81. The van der Waals surface area contributed by atoms with Crippen LogP contribution in [0.5, 0.6) is 5.75 Å². The van der Waals surface area contributed by atoms with E-state index in [0.29, 0.717) is 12.6 Å². The smallest absolute Gasteiger partial charge is 0.122 e. The van der Waals surface area contributed by atoms with Gasteiger partial charge < -0.3 is 10.1 Å². The van der Waals surface area contributed by atoms with Gasteiger partial charge in [0.05, 0.1) is 0 Å². The van der Waals surface area contributed by atoms with Gasteiger partial charge in [-0.2, -0.15) is 0 Å². The fourth-order valence-electron chi connectivity index (χ4n) is 1.86. The molecule has 2 aromatic rings. The lowest BCUT2D eigenvalue weighted by Crippen LogP contribution is -2.11. The summed E-state index contributed by atoms with van der Waals surface area (Å²) in [7, 11) is 1.97. The number of hydrogen-bond acceptors (Lipinski definition) is 3. The first-order chi connectivity index (χ1) is 9.22. The lowest BCUT2D eigenvalue weighted by molar-refractivity contribution is 0.309. The summed E-state index contributed by atoms with van der Waals surface area (Å²) >= 11 is 1.83. The first-order valence-corrected chi connectivity index (χ1v) is 7.52. The number of thiophene rings is 1. The second-order valence-electron chi connectivity index (χ2n) is 4.59. The van der Waals surface area contributed by atoms with Crippen LogP contribution in [0.1, 0.15) is 35.2 Å². The van der Waals surface area contributed by atoms with E-state index in [-0.39, 0.29) is 0 Å². The molecule has 1 aromatic carbocycles. The van der Waals surface area contributed by atoms with Gasteiger partial charge in [0.2, 0.25) is 0 Å². The standard InChI is InChI=1S/C16H21NOS/c1-4-15-9-10-16(19-15)11-18-14-7-5-13(6-8-14)12(2)17-3/h5-10,12,17H,4,11H2,1-3H3. The molecule has 1 heterocycles. The first kappa shape index (κ1) is 14.1. The number of hydrogen-bond donors (Lipinski definition) is 1. The van der Waals surface area contributed by atoms with Crippen LogP contribution >= 0.6 is 11.3 Å². The van der Waals surface area contributed by atoms with Crippen LogP contribution in [0.25, 0.3) is 0 Å². The van der Waals surface area contributed by atoms with E-state index in [0.717, 1.165) is 12.2 Å². The Morgan fingerprint density at radius 1 is 1.11 bits per heavy atom. The molecule has 102 valence electrons. The van der Waals surface area contributed by atoms with Gasteiger partial charge in [-0.25, -0.2) is 0 Å². The maximum Gasteiger partial charge on any atom is 0.122 e. The van der Waals surface area contributed by atoms with E-state index in [2.05, 4.69) is 43.4 Å². The van der Waals surface area contributed by atoms with Crippen molar-refractivity contribution in [3.05, 3.63) is 51.7 Å². The summed E-state index contributed by atoms with van der Waals surface area (Å²) in [5.41, 5.74) is 1.28. The van der Waals surface area contributed by atoms with Crippen molar-refractivity contribution in [3.8, 4) is 5.75 Å². The highest BCUT2D eigenvalue weighted by Gasteiger charge is 2.03. The largest absolute Gasteiger partial charge is 0.488 e. The highest BCUT2D eigenvalue weighted by Crippen LogP contribution is 2.21. The molecule has 19 heavy (non-hydrogen) atoms. The van der Waals surface area contributed by atoms with Crippen LogP contribution in [0.15, 0.2) is 36.4 Å². The Hall–Kier alpha value is -1.32. The van der Waals surface area contributed by atoms with E-state index in [1.165, 1.54) is 15.3 Å². The van der Waals surface area contributed by atoms with Crippen molar-refractivity contribution in [2.24, 2.45) is 0 Å². The molecule has 2 rings (SSSR count). The Labute approximate surface area is 119 Å². The molecule has 0 aliphatic heterocycles. The minimum Gasteiger partial charge on any atom is -0.488 e. The van der Waals surface area contributed by atoms with Crippen LogP contribution in [0.3, 0.4) is 0 Å². The number of ether oxygens (including phenoxy) is 1. The molecule has 0 saturated heterocycles. The molecule has 0 bridgehead atoms. The summed E-state index contributed by atoms with van der Waals surface area (Å²) in [5, 5.41) is 3.23.